The average Bonchev–Trinajstić information content (AvgIpc) is 2.68. The topological polar surface area (TPSA) is 126 Å². The summed E-state index contributed by atoms with van der Waals surface area (Å²) in [5.41, 5.74) is 0.955. The van der Waals surface area contributed by atoms with E-state index in [4.69, 9.17) is 14.2 Å². The van der Waals surface area contributed by atoms with Gasteiger partial charge in [-0.15, -0.1) is 0 Å². The second-order valence-corrected chi connectivity index (χ2v) is 6.83. The second-order valence-electron chi connectivity index (χ2n) is 6.83. The van der Waals surface area contributed by atoms with Gasteiger partial charge in [0.2, 0.25) is 6.29 Å². The molecule has 2 aliphatic heterocycles. The van der Waals surface area contributed by atoms with Gasteiger partial charge in [0.05, 0.1) is 13.0 Å². The number of carbonyl (C=O) groups is 1. The van der Waals surface area contributed by atoms with Gasteiger partial charge >= 0.3 is 0 Å². The third-order valence-electron chi connectivity index (χ3n) is 4.84. The van der Waals surface area contributed by atoms with Gasteiger partial charge in [-0.1, -0.05) is 30.3 Å². The van der Waals surface area contributed by atoms with Gasteiger partial charge in [0.1, 0.15) is 47.2 Å². The summed E-state index contributed by atoms with van der Waals surface area (Å²) >= 11 is 0. The van der Waals surface area contributed by atoms with E-state index in [0.717, 1.165) is 5.56 Å². The summed E-state index contributed by atoms with van der Waals surface area (Å²) in [6, 6.07) is 11.8. The Morgan fingerprint density at radius 2 is 1.79 bits per heavy atom. The predicted octanol–water partition coefficient (Wildman–Crippen LogP) is 0.916. The van der Waals surface area contributed by atoms with Crippen LogP contribution in [0.1, 0.15) is 28.4 Å². The minimum atomic E-state index is -1.53. The van der Waals surface area contributed by atoms with Crippen LogP contribution in [-0.2, 0) is 4.74 Å². The van der Waals surface area contributed by atoms with Crippen molar-refractivity contribution >= 4 is 5.78 Å². The van der Waals surface area contributed by atoms with Crippen molar-refractivity contribution < 1.29 is 39.4 Å². The molecule has 1 saturated heterocycles. The maximum Gasteiger partial charge on any atom is 0.228 e. The van der Waals surface area contributed by atoms with Gasteiger partial charge in [-0.3, -0.25) is 4.79 Å². The highest BCUT2D eigenvalue weighted by molar-refractivity contribution is 6.02. The highest BCUT2D eigenvalue weighted by atomic mass is 16.7. The van der Waals surface area contributed by atoms with Crippen LogP contribution in [0.3, 0.4) is 0 Å². The standard InChI is InChI=1S/C20H20O8/c21-11-6-15-17(12(22)8-14(27-15)10-4-2-1-3-5-10)16(7-11)28-20-19(25)18(24)13(23)9-26-20/h1-7,13-14,18-21,23-25H,8-9H2. The first-order valence-corrected chi connectivity index (χ1v) is 8.88. The monoisotopic (exact) mass is 388 g/mol. The van der Waals surface area contributed by atoms with Crippen LogP contribution in [0.4, 0.5) is 0 Å². The van der Waals surface area contributed by atoms with Gasteiger partial charge in [0.25, 0.3) is 0 Å². The van der Waals surface area contributed by atoms with Crippen LogP contribution < -0.4 is 9.47 Å². The minimum Gasteiger partial charge on any atom is -0.508 e. The van der Waals surface area contributed by atoms with Crippen LogP contribution in [0.15, 0.2) is 42.5 Å². The number of hydrogen-bond acceptors (Lipinski definition) is 8. The Kier molecular flexibility index (Phi) is 4.94. The van der Waals surface area contributed by atoms with Crippen LogP contribution in [0.2, 0.25) is 0 Å². The summed E-state index contributed by atoms with van der Waals surface area (Å²) in [6.45, 7) is -0.246. The van der Waals surface area contributed by atoms with Crippen molar-refractivity contribution in [1.82, 2.24) is 0 Å². The van der Waals surface area contributed by atoms with E-state index in [0.29, 0.717) is 0 Å². The van der Waals surface area contributed by atoms with Crippen molar-refractivity contribution in [3.63, 3.8) is 0 Å². The van der Waals surface area contributed by atoms with E-state index in [-0.39, 0.29) is 41.6 Å². The number of carbonyl (C=O) groups excluding carboxylic acids is 1. The second kappa shape index (κ2) is 7.40. The van der Waals surface area contributed by atoms with Crippen molar-refractivity contribution in [3.05, 3.63) is 53.6 Å². The molecule has 2 aromatic rings. The zero-order chi connectivity index (χ0) is 19.8. The SMILES string of the molecule is O=C1CC(c2ccccc2)Oc2cc(O)cc(OC3OCC(O)C(O)C3O)c21. The third kappa shape index (κ3) is 3.43. The first kappa shape index (κ1) is 18.7. The molecule has 8 heteroatoms. The number of Topliss-reactive ketones (excluding diaryl/α,β-unsaturated/α-hetero) is 1. The molecule has 5 atom stereocenters. The summed E-state index contributed by atoms with van der Waals surface area (Å²) in [4.78, 5) is 12.8. The van der Waals surface area contributed by atoms with E-state index in [1.165, 1.54) is 12.1 Å². The first-order valence-electron chi connectivity index (χ1n) is 8.88. The molecule has 5 unspecified atom stereocenters. The van der Waals surface area contributed by atoms with Gasteiger partial charge < -0.3 is 34.6 Å². The quantitative estimate of drug-likeness (QED) is 0.612. The van der Waals surface area contributed by atoms with E-state index in [1.807, 2.05) is 30.3 Å². The van der Waals surface area contributed by atoms with Crippen LogP contribution in [-0.4, -0.2) is 57.4 Å². The van der Waals surface area contributed by atoms with Gasteiger partial charge in [-0.25, -0.2) is 0 Å². The fourth-order valence-electron chi connectivity index (χ4n) is 3.36. The molecular formula is C20H20O8. The van der Waals surface area contributed by atoms with Crippen molar-refractivity contribution in [2.75, 3.05) is 6.61 Å². The number of ketones is 1. The van der Waals surface area contributed by atoms with E-state index >= 15 is 0 Å². The van der Waals surface area contributed by atoms with Crippen molar-refractivity contribution in [2.24, 2.45) is 0 Å². The largest absolute Gasteiger partial charge is 0.508 e. The van der Waals surface area contributed by atoms with Crippen molar-refractivity contribution in [1.29, 1.82) is 0 Å². The van der Waals surface area contributed by atoms with E-state index in [9.17, 15) is 25.2 Å². The highest BCUT2D eigenvalue weighted by Gasteiger charge is 2.40. The lowest BCUT2D eigenvalue weighted by Gasteiger charge is -2.35. The number of aromatic hydroxyl groups is 1. The Morgan fingerprint density at radius 1 is 1.04 bits per heavy atom. The summed E-state index contributed by atoms with van der Waals surface area (Å²) in [6.07, 6.45) is -5.97. The Labute approximate surface area is 160 Å². The molecule has 0 saturated carbocycles. The van der Waals surface area contributed by atoms with Gasteiger partial charge in [-0.2, -0.15) is 0 Å². The summed E-state index contributed by atoms with van der Waals surface area (Å²) in [7, 11) is 0. The Hall–Kier alpha value is -2.65. The molecule has 8 nitrogen and oxygen atoms in total. The third-order valence-corrected chi connectivity index (χ3v) is 4.84. The molecule has 0 spiro atoms. The molecule has 28 heavy (non-hydrogen) atoms. The zero-order valence-corrected chi connectivity index (χ0v) is 14.8. The van der Waals surface area contributed by atoms with Crippen LogP contribution in [0.5, 0.6) is 17.2 Å². The molecule has 4 rings (SSSR count). The number of phenols is 1. The van der Waals surface area contributed by atoms with Crippen LogP contribution >= 0.6 is 0 Å². The van der Waals surface area contributed by atoms with Gasteiger partial charge in [0.15, 0.2) is 5.78 Å². The Morgan fingerprint density at radius 3 is 2.54 bits per heavy atom. The minimum absolute atomic E-state index is 0.0286. The molecule has 0 aromatic heterocycles. The number of fused-ring (bicyclic) bond motifs is 1. The number of hydrogen-bond donors (Lipinski definition) is 4. The van der Waals surface area contributed by atoms with E-state index < -0.39 is 30.7 Å². The Bertz CT molecular complexity index is 868. The maximum atomic E-state index is 12.8. The summed E-state index contributed by atoms with van der Waals surface area (Å²) in [5, 5.41) is 39.4. The van der Waals surface area contributed by atoms with E-state index in [2.05, 4.69) is 0 Å². The number of phenolic OH excluding ortho intramolecular Hbond substituents is 1. The highest BCUT2D eigenvalue weighted by Crippen LogP contribution is 2.42. The summed E-state index contributed by atoms with van der Waals surface area (Å²) in [5.74, 6) is -0.317. The Balaban J connectivity index is 1.63. The lowest BCUT2D eigenvalue weighted by molar-refractivity contribution is -0.242. The molecule has 0 radical (unpaired) electrons. The van der Waals surface area contributed by atoms with Crippen molar-refractivity contribution in [3.8, 4) is 17.2 Å². The van der Waals surface area contributed by atoms with Gasteiger partial charge in [-0.05, 0) is 5.56 Å². The molecular weight excluding hydrogens is 368 g/mol. The van der Waals surface area contributed by atoms with Crippen molar-refractivity contribution in [2.45, 2.75) is 37.1 Å². The molecule has 148 valence electrons. The number of aliphatic hydroxyl groups is 3. The zero-order valence-electron chi connectivity index (χ0n) is 14.8. The molecule has 2 aliphatic rings. The molecule has 1 fully saturated rings. The smallest absolute Gasteiger partial charge is 0.228 e. The molecule has 4 N–H and O–H groups in total. The molecule has 0 bridgehead atoms. The number of ether oxygens (including phenoxy) is 3. The normalized spacial score (nSPS) is 29.7. The first-order chi connectivity index (χ1) is 13.4. The van der Waals surface area contributed by atoms with Gasteiger partial charge in [0, 0.05) is 12.1 Å². The van der Waals surface area contributed by atoms with Crippen LogP contribution in [0.25, 0.3) is 0 Å². The molecule has 0 aliphatic carbocycles. The van der Waals surface area contributed by atoms with E-state index in [1.54, 1.807) is 0 Å². The maximum absolute atomic E-state index is 12.8. The number of rotatable bonds is 3. The summed E-state index contributed by atoms with van der Waals surface area (Å²) < 4.78 is 16.7. The van der Waals surface area contributed by atoms with Crippen LogP contribution in [0, 0.1) is 0 Å². The fraction of sp³-hybridized carbons (Fsp3) is 0.350. The average molecular weight is 388 g/mol. The number of aliphatic hydroxyl groups excluding tert-OH is 3. The molecule has 2 heterocycles. The molecule has 2 aromatic carbocycles. The fourth-order valence-corrected chi connectivity index (χ4v) is 3.36. The number of benzene rings is 2. The lowest BCUT2D eigenvalue weighted by Crippen LogP contribution is -2.54. The predicted molar refractivity (Wildman–Crippen MR) is 95.3 cm³/mol. The lowest BCUT2D eigenvalue weighted by atomic mass is 9.95. The molecule has 0 amide bonds.